The summed E-state index contributed by atoms with van der Waals surface area (Å²) in [4.78, 5) is 0. The van der Waals surface area contributed by atoms with Crippen molar-refractivity contribution in [3.8, 4) is 12.3 Å². The molecule has 0 aromatic carbocycles. The van der Waals surface area contributed by atoms with Crippen LogP contribution in [0.15, 0.2) is 0 Å². The normalized spacial score (nSPS) is 22.0. The second-order valence-electron chi connectivity index (χ2n) is 2.67. The highest BCUT2D eigenvalue weighted by Crippen LogP contribution is 2.48. The maximum absolute atomic E-state index is 5.30. The Balaban J connectivity index is 2.33. The summed E-state index contributed by atoms with van der Waals surface area (Å²) in [5, 5.41) is 0. The second kappa shape index (κ2) is 1.82. The number of terminal acetylenes is 1. The van der Waals surface area contributed by atoms with E-state index in [-0.39, 0.29) is 0 Å². The summed E-state index contributed by atoms with van der Waals surface area (Å²) in [6, 6.07) is 0. The molecule has 0 heteroatoms. The van der Waals surface area contributed by atoms with Crippen molar-refractivity contribution in [3.63, 3.8) is 0 Å². The van der Waals surface area contributed by atoms with E-state index < -0.39 is 0 Å². The highest BCUT2D eigenvalue weighted by Gasteiger charge is 2.39. The van der Waals surface area contributed by atoms with E-state index in [4.69, 9.17) is 6.42 Å². The van der Waals surface area contributed by atoms with Crippen molar-refractivity contribution in [2.45, 2.75) is 32.6 Å². The van der Waals surface area contributed by atoms with E-state index in [0.29, 0.717) is 5.41 Å². The molecule has 0 heterocycles. The van der Waals surface area contributed by atoms with Gasteiger partial charge < -0.3 is 0 Å². The molecule has 0 aromatic rings. The monoisotopic (exact) mass is 108 g/mol. The van der Waals surface area contributed by atoms with Crippen molar-refractivity contribution in [2.75, 3.05) is 0 Å². The first-order chi connectivity index (χ1) is 3.83. The third-order valence-electron chi connectivity index (χ3n) is 1.89. The fourth-order valence-electron chi connectivity index (χ4n) is 1.10. The van der Waals surface area contributed by atoms with Crippen LogP contribution in [0.1, 0.15) is 32.6 Å². The molecule has 0 aromatic heterocycles. The second-order valence-corrected chi connectivity index (χ2v) is 2.67. The standard InChI is InChI=1S/C8H12/c1-3-5-8(4-2)6-7-8/h2H,3,5-7H2,1H3. The molecule has 1 rings (SSSR count). The van der Waals surface area contributed by atoms with E-state index in [0.717, 1.165) is 0 Å². The van der Waals surface area contributed by atoms with E-state index in [2.05, 4.69) is 12.8 Å². The van der Waals surface area contributed by atoms with Crippen LogP contribution in [0, 0.1) is 17.8 Å². The minimum absolute atomic E-state index is 0.370. The molecule has 0 saturated heterocycles. The van der Waals surface area contributed by atoms with Crippen molar-refractivity contribution < 1.29 is 0 Å². The Morgan fingerprint density at radius 3 is 2.38 bits per heavy atom. The lowest BCUT2D eigenvalue weighted by Crippen LogP contribution is -1.92. The Morgan fingerprint density at radius 1 is 1.62 bits per heavy atom. The van der Waals surface area contributed by atoms with Crippen LogP contribution in [-0.2, 0) is 0 Å². The lowest BCUT2D eigenvalue weighted by atomic mass is 10.0. The van der Waals surface area contributed by atoms with Gasteiger partial charge in [-0.3, -0.25) is 0 Å². The molecule has 1 aliphatic rings. The van der Waals surface area contributed by atoms with Crippen molar-refractivity contribution in [3.05, 3.63) is 0 Å². The van der Waals surface area contributed by atoms with Crippen LogP contribution in [-0.4, -0.2) is 0 Å². The van der Waals surface area contributed by atoms with E-state index in [9.17, 15) is 0 Å². The van der Waals surface area contributed by atoms with Crippen LogP contribution in [0.2, 0.25) is 0 Å². The molecule has 0 aliphatic heterocycles. The Labute approximate surface area is 51.3 Å². The topological polar surface area (TPSA) is 0 Å². The van der Waals surface area contributed by atoms with Gasteiger partial charge in [0.25, 0.3) is 0 Å². The average molecular weight is 108 g/mol. The molecule has 0 radical (unpaired) electrons. The molecule has 0 unspecified atom stereocenters. The number of hydrogen-bond donors (Lipinski definition) is 0. The van der Waals surface area contributed by atoms with Gasteiger partial charge in [0.15, 0.2) is 0 Å². The largest absolute Gasteiger partial charge is 0.120 e. The lowest BCUT2D eigenvalue weighted by Gasteiger charge is -2.00. The molecule has 0 atom stereocenters. The molecule has 0 bridgehead atoms. The zero-order valence-electron chi connectivity index (χ0n) is 5.41. The molecular weight excluding hydrogens is 96.1 g/mol. The van der Waals surface area contributed by atoms with Gasteiger partial charge in [0, 0.05) is 5.41 Å². The van der Waals surface area contributed by atoms with Crippen molar-refractivity contribution in [1.29, 1.82) is 0 Å². The highest BCUT2D eigenvalue weighted by molar-refractivity contribution is 5.14. The van der Waals surface area contributed by atoms with Gasteiger partial charge in [-0.15, -0.1) is 6.42 Å². The molecule has 1 fully saturated rings. The van der Waals surface area contributed by atoms with Gasteiger partial charge in [-0.25, -0.2) is 0 Å². The van der Waals surface area contributed by atoms with Gasteiger partial charge in [-0.1, -0.05) is 19.3 Å². The predicted molar refractivity (Wildman–Crippen MR) is 35.4 cm³/mol. The predicted octanol–water partition coefficient (Wildman–Crippen LogP) is 2.20. The Morgan fingerprint density at radius 2 is 2.25 bits per heavy atom. The van der Waals surface area contributed by atoms with Gasteiger partial charge >= 0.3 is 0 Å². The Hall–Kier alpha value is -0.440. The van der Waals surface area contributed by atoms with Crippen LogP contribution in [0.4, 0.5) is 0 Å². The van der Waals surface area contributed by atoms with Gasteiger partial charge in [-0.05, 0) is 19.3 Å². The number of rotatable bonds is 2. The SMILES string of the molecule is C#CC1(CCC)CC1. The van der Waals surface area contributed by atoms with Crippen molar-refractivity contribution in [2.24, 2.45) is 5.41 Å². The smallest absolute Gasteiger partial charge is 0.0313 e. The van der Waals surface area contributed by atoms with Crippen molar-refractivity contribution >= 4 is 0 Å². The molecule has 0 amide bonds. The third kappa shape index (κ3) is 0.865. The minimum Gasteiger partial charge on any atom is -0.120 e. The summed E-state index contributed by atoms with van der Waals surface area (Å²) in [7, 11) is 0. The molecule has 0 nitrogen and oxygen atoms in total. The van der Waals surface area contributed by atoms with Crippen LogP contribution in [0.25, 0.3) is 0 Å². The summed E-state index contributed by atoms with van der Waals surface area (Å²) in [6.07, 6.45) is 10.3. The summed E-state index contributed by atoms with van der Waals surface area (Å²) in [6.45, 7) is 2.19. The molecule has 1 saturated carbocycles. The minimum atomic E-state index is 0.370. The van der Waals surface area contributed by atoms with Gasteiger partial charge in [0.05, 0.1) is 0 Å². The molecule has 1 aliphatic carbocycles. The van der Waals surface area contributed by atoms with Crippen LogP contribution in [0.5, 0.6) is 0 Å². The van der Waals surface area contributed by atoms with Crippen molar-refractivity contribution in [1.82, 2.24) is 0 Å². The maximum Gasteiger partial charge on any atom is 0.0313 e. The van der Waals surface area contributed by atoms with Crippen LogP contribution < -0.4 is 0 Å². The van der Waals surface area contributed by atoms with E-state index >= 15 is 0 Å². The first kappa shape index (κ1) is 5.69. The first-order valence-electron chi connectivity index (χ1n) is 3.31. The quantitative estimate of drug-likeness (QED) is 0.476. The average Bonchev–Trinajstić information content (AvgIpc) is 2.50. The summed E-state index contributed by atoms with van der Waals surface area (Å²) in [5.74, 6) is 2.85. The molecule has 44 valence electrons. The van der Waals surface area contributed by atoms with Gasteiger partial charge in [0.2, 0.25) is 0 Å². The molecular formula is C8H12. The van der Waals surface area contributed by atoms with Gasteiger partial charge in [0.1, 0.15) is 0 Å². The summed E-state index contributed by atoms with van der Waals surface area (Å²) >= 11 is 0. The van der Waals surface area contributed by atoms with E-state index in [1.54, 1.807) is 0 Å². The van der Waals surface area contributed by atoms with Crippen LogP contribution in [0.3, 0.4) is 0 Å². The Bertz CT molecular complexity index is 112. The number of hydrogen-bond acceptors (Lipinski definition) is 0. The summed E-state index contributed by atoms with van der Waals surface area (Å²) in [5.41, 5.74) is 0.370. The molecule has 0 spiro atoms. The molecule has 8 heavy (non-hydrogen) atoms. The van der Waals surface area contributed by atoms with Crippen LogP contribution >= 0.6 is 0 Å². The zero-order chi connectivity index (χ0) is 6.04. The maximum atomic E-state index is 5.30. The fraction of sp³-hybridized carbons (Fsp3) is 0.750. The summed E-state index contributed by atoms with van der Waals surface area (Å²) < 4.78 is 0. The fourth-order valence-corrected chi connectivity index (χ4v) is 1.10. The first-order valence-corrected chi connectivity index (χ1v) is 3.31. The van der Waals surface area contributed by atoms with E-state index in [1.165, 1.54) is 25.7 Å². The Kier molecular flexibility index (Phi) is 1.29. The third-order valence-corrected chi connectivity index (χ3v) is 1.89. The lowest BCUT2D eigenvalue weighted by molar-refractivity contribution is 0.593. The molecule has 0 N–H and O–H groups in total. The zero-order valence-corrected chi connectivity index (χ0v) is 5.41. The highest BCUT2D eigenvalue weighted by atomic mass is 14.4. The van der Waals surface area contributed by atoms with E-state index in [1.807, 2.05) is 0 Å². The van der Waals surface area contributed by atoms with Gasteiger partial charge in [-0.2, -0.15) is 0 Å².